The van der Waals surface area contributed by atoms with Crippen LogP contribution in [0.3, 0.4) is 0 Å². The van der Waals surface area contributed by atoms with Gasteiger partial charge < -0.3 is 15.7 Å². The number of carbonyl (C=O) groups is 1. The summed E-state index contributed by atoms with van der Waals surface area (Å²) >= 11 is 0. The Balaban J connectivity index is 1.49. The fourth-order valence-corrected chi connectivity index (χ4v) is 5.92. The van der Waals surface area contributed by atoms with Crippen LogP contribution in [0.15, 0.2) is 48.5 Å². The zero-order chi connectivity index (χ0) is 29.8. The zero-order valence-corrected chi connectivity index (χ0v) is 22.8. The zero-order valence-electron chi connectivity index (χ0n) is 22.8. The molecule has 2 aliphatic heterocycles. The molecular formula is C29H36F6N4O2. The van der Waals surface area contributed by atoms with E-state index < -0.39 is 48.2 Å². The standard InChI is InChI=1S/C29H36F6N4O2/c1-19(40)39(25-9-5-6-12-36-25)24-10-13-38(14-11-24)26(21-7-3-2-4-8-21)27(41)37-18-20-15-22(28(30,31)32)17-23(16-20)29(33,34)35/h2-4,7-8,15-17,19,24-26,36,40H,5-6,9-14,18H2,1H3,(H,37,41). The highest BCUT2D eigenvalue weighted by Crippen LogP contribution is 2.36. The first-order valence-electron chi connectivity index (χ1n) is 13.9. The van der Waals surface area contributed by atoms with Crippen LogP contribution in [0.1, 0.15) is 67.3 Å². The van der Waals surface area contributed by atoms with Crippen molar-refractivity contribution in [2.24, 2.45) is 0 Å². The van der Waals surface area contributed by atoms with E-state index in [1.54, 1.807) is 37.3 Å². The third kappa shape index (κ3) is 8.00. The van der Waals surface area contributed by atoms with Gasteiger partial charge in [-0.3, -0.25) is 14.6 Å². The molecule has 3 unspecified atom stereocenters. The number of aliphatic hydroxyl groups is 1. The van der Waals surface area contributed by atoms with Gasteiger partial charge in [-0.2, -0.15) is 26.3 Å². The molecular weight excluding hydrogens is 550 g/mol. The van der Waals surface area contributed by atoms with Gasteiger partial charge in [0.15, 0.2) is 0 Å². The number of hydrogen-bond acceptors (Lipinski definition) is 5. The van der Waals surface area contributed by atoms with E-state index in [0.29, 0.717) is 43.6 Å². The first kappa shape index (κ1) is 31.3. The van der Waals surface area contributed by atoms with Crippen molar-refractivity contribution in [3.8, 4) is 0 Å². The molecule has 0 spiro atoms. The van der Waals surface area contributed by atoms with Crippen molar-refractivity contribution in [1.29, 1.82) is 0 Å². The van der Waals surface area contributed by atoms with Gasteiger partial charge in [0.2, 0.25) is 5.91 Å². The van der Waals surface area contributed by atoms with Gasteiger partial charge in [-0.15, -0.1) is 0 Å². The normalized spacial score (nSPS) is 21.0. The predicted molar refractivity (Wildman–Crippen MR) is 141 cm³/mol. The number of alkyl halides is 6. The summed E-state index contributed by atoms with van der Waals surface area (Å²) in [6, 6.07) is 9.53. The van der Waals surface area contributed by atoms with Gasteiger partial charge in [0.1, 0.15) is 12.3 Å². The van der Waals surface area contributed by atoms with Crippen LogP contribution in [-0.4, -0.2) is 58.9 Å². The van der Waals surface area contributed by atoms with E-state index in [9.17, 15) is 36.2 Å². The number of likely N-dealkylation sites (tertiary alicyclic amines) is 1. The van der Waals surface area contributed by atoms with Crippen molar-refractivity contribution in [2.75, 3.05) is 19.6 Å². The van der Waals surface area contributed by atoms with E-state index in [4.69, 9.17) is 0 Å². The van der Waals surface area contributed by atoms with E-state index >= 15 is 0 Å². The van der Waals surface area contributed by atoms with Crippen LogP contribution in [0.2, 0.25) is 0 Å². The minimum absolute atomic E-state index is 0.0710. The number of halogens is 6. The molecule has 2 aliphatic rings. The molecule has 4 rings (SSSR count). The fraction of sp³-hybridized carbons (Fsp3) is 0.552. The molecule has 6 nitrogen and oxygen atoms in total. The second-order valence-electron chi connectivity index (χ2n) is 10.8. The van der Waals surface area contributed by atoms with Gasteiger partial charge in [-0.05, 0) is 74.9 Å². The highest BCUT2D eigenvalue weighted by atomic mass is 19.4. The molecule has 2 fully saturated rings. The molecule has 0 bridgehead atoms. The lowest BCUT2D eigenvalue weighted by Crippen LogP contribution is -2.58. The molecule has 226 valence electrons. The van der Waals surface area contributed by atoms with E-state index in [-0.39, 0.29) is 23.8 Å². The molecule has 2 aromatic carbocycles. The quantitative estimate of drug-likeness (QED) is 0.290. The SMILES string of the molecule is CC(O)N(C1CCN(C(C(=O)NCc2cc(C(F)(F)F)cc(C(F)(F)F)c2)c2ccccc2)CC1)C1CCCCN1. The number of nitrogens with one attached hydrogen (secondary N) is 2. The van der Waals surface area contributed by atoms with E-state index in [1.165, 1.54) is 0 Å². The van der Waals surface area contributed by atoms with Gasteiger partial charge >= 0.3 is 12.4 Å². The third-order valence-corrected chi connectivity index (χ3v) is 7.84. The van der Waals surface area contributed by atoms with Crippen LogP contribution in [0, 0.1) is 0 Å². The minimum atomic E-state index is -4.97. The van der Waals surface area contributed by atoms with Gasteiger partial charge in [-0.25, -0.2) is 0 Å². The van der Waals surface area contributed by atoms with Gasteiger partial charge in [0, 0.05) is 25.7 Å². The summed E-state index contributed by atoms with van der Waals surface area (Å²) in [5, 5.41) is 16.6. The average molecular weight is 587 g/mol. The highest BCUT2D eigenvalue weighted by Gasteiger charge is 2.38. The maximum Gasteiger partial charge on any atom is 0.416 e. The number of rotatable bonds is 8. The molecule has 12 heteroatoms. The Labute approximate surface area is 235 Å². The monoisotopic (exact) mass is 586 g/mol. The van der Waals surface area contributed by atoms with Crippen molar-refractivity contribution < 1.29 is 36.2 Å². The van der Waals surface area contributed by atoms with E-state index in [2.05, 4.69) is 15.5 Å². The molecule has 3 N–H and O–H groups in total. The van der Waals surface area contributed by atoms with Crippen molar-refractivity contribution in [1.82, 2.24) is 20.4 Å². The number of aliphatic hydroxyl groups excluding tert-OH is 1. The lowest BCUT2D eigenvalue weighted by molar-refractivity contribution is -0.143. The smallest absolute Gasteiger partial charge is 0.379 e. The Bertz CT molecular complexity index is 1110. The van der Waals surface area contributed by atoms with Gasteiger partial charge in [0.05, 0.1) is 17.3 Å². The topological polar surface area (TPSA) is 67.8 Å². The van der Waals surface area contributed by atoms with Crippen LogP contribution < -0.4 is 10.6 Å². The van der Waals surface area contributed by atoms with Crippen LogP contribution in [0.5, 0.6) is 0 Å². The van der Waals surface area contributed by atoms with Crippen molar-refractivity contribution in [3.63, 3.8) is 0 Å². The fourth-order valence-electron chi connectivity index (χ4n) is 5.92. The summed E-state index contributed by atoms with van der Waals surface area (Å²) in [5.74, 6) is -0.512. The van der Waals surface area contributed by atoms with Crippen LogP contribution in [0.25, 0.3) is 0 Å². The number of nitrogens with zero attached hydrogens (tertiary/aromatic N) is 2. The Morgan fingerprint density at radius 3 is 2.12 bits per heavy atom. The number of amides is 1. The minimum Gasteiger partial charge on any atom is -0.379 e. The molecule has 2 aromatic rings. The van der Waals surface area contributed by atoms with Crippen LogP contribution in [0.4, 0.5) is 26.3 Å². The number of hydrogen-bond donors (Lipinski definition) is 3. The molecule has 0 saturated carbocycles. The molecule has 41 heavy (non-hydrogen) atoms. The van der Waals surface area contributed by atoms with Crippen LogP contribution in [-0.2, 0) is 23.7 Å². The van der Waals surface area contributed by atoms with E-state index in [1.807, 2.05) is 4.90 Å². The second kappa shape index (κ2) is 13.1. The molecule has 0 radical (unpaired) electrons. The number of benzene rings is 2. The summed E-state index contributed by atoms with van der Waals surface area (Å²) in [7, 11) is 0. The van der Waals surface area contributed by atoms with Crippen molar-refractivity contribution in [3.05, 3.63) is 70.8 Å². The predicted octanol–water partition coefficient (Wildman–Crippen LogP) is 5.29. The Kier molecular flexibility index (Phi) is 9.99. The summed E-state index contributed by atoms with van der Waals surface area (Å²) < 4.78 is 79.8. The molecule has 2 heterocycles. The highest BCUT2D eigenvalue weighted by molar-refractivity contribution is 5.83. The summed E-state index contributed by atoms with van der Waals surface area (Å²) in [5.41, 5.74) is -2.47. The number of piperidine rings is 2. The molecule has 3 atom stereocenters. The third-order valence-electron chi connectivity index (χ3n) is 7.84. The second-order valence-corrected chi connectivity index (χ2v) is 10.8. The Morgan fingerprint density at radius 2 is 1.61 bits per heavy atom. The maximum atomic E-state index is 13.5. The van der Waals surface area contributed by atoms with Crippen molar-refractivity contribution >= 4 is 5.91 Å². The Morgan fingerprint density at radius 1 is 1.00 bits per heavy atom. The summed E-state index contributed by atoms with van der Waals surface area (Å²) in [6.45, 7) is 3.19. The van der Waals surface area contributed by atoms with Gasteiger partial charge in [-0.1, -0.05) is 30.3 Å². The maximum absolute atomic E-state index is 13.5. The van der Waals surface area contributed by atoms with Gasteiger partial charge in [0.25, 0.3) is 0 Å². The summed E-state index contributed by atoms with van der Waals surface area (Å²) in [6.07, 6.45) is -6.04. The van der Waals surface area contributed by atoms with Crippen molar-refractivity contribution in [2.45, 2.75) is 82.4 Å². The molecule has 2 saturated heterocycles. The summed E-state index contributed by atoms with van der Waals surface area (Å²) in [4.78, 5) is 17.6. The lowest BCUT2D eigenvalue weighted by Gasteiger charge is -2.46. The largest absolute Gasteiger partial charge is 0.416 e. The van der Waals surface area contributed by atoms with E-state index in [0.717, 1.165) is 25.8 Å². The first-order chi connectivity index (χ1) is 19.3. The lowest BCUT2D eigenvalue weighted by atomic mass is 9.96. The average Bonchev–Trinajstić information content (AvgIpc) is 2.93. The molecule has 1 amide bonds. The Hall–Kier alpha value is -2.67. The van der Waals surface area contributed by atoms with Crippen LogP contribution >= 0.6 is 0 Å². The molecule has 0 aliphatic carbocycles. The number of carbonyl (C=O) groups excluding carboxylic acids is 1. The molecule has 0 aromatic heterocycles. The first-order valence-corrected chi connectivity index (χ1v) is 13.9.